The Morgan fingerprint density at radius 2 is 2.47 bits per heavy atom. The molecule has 0 aliphatic rings. The Morgan fingerprint density at radius 3 is 3.18 bits per heavy atom. The summed E-state index contributed by atoms with van der Waals surface area (Å²) in [5.41, 5.74) is 1.25. The van der Waals surface area contributed by atoms with Crippen molar-refractivity contribution < 1.29 is 4.73 Å². The first kappa shape index (κ1) is 11.3. The predicted octanol–water partition coefficient (Wildman–Crippen LogP) is 1.20. The van der Waals surface area contributed by atoms with E-state index in [1.807, 2.05) is 0 Å². The second kappa shape index (κ2) is 4.76. The first-order chi connectivity index (χ1) is 8.20. The van der Waals surface area contributed by atoms with Gasteiger partial charge < -0.3 is 10.5 Å². The molecule has 0 radical (unpaired) electrons. The monoisotopic (exact) mass is 248 g/mol. The molecule has 0 fully saturated rings. The zero-order valence-electron chi connectivity index (χ0n) is 8.80. The van der Waals surface area contributed by atoms with Crippen molar-refractivity contribution in [1.82, 2.24) is 9.78 Å². The van der Waals surface area contributed by atoms with Crippen molar-refractivity contribution in [3.8, 4) is 18.0 Å². The van der Waals surface area contributed by atoms with Crippen LogP contribution < -0.4 is 10.0 Å². The SMILES string of the molecule is C#CCNc1cn(-c2ccc[n+]([O-])c2)nc1Cl. The van der Waals surface area contributed by atoms with Gasteiger partial charge in [0, 0.05) is 6.07 Å². The van der Waals surface area contributed by atoms with Crippen LogP contribution in [0.5, 0.6) is 0 Å². The predicted molar refractivity (Wildman–Crippen MR) is 64.9 cm³/mol. The second-order valence-electron chi connectivity index (χ2n) is 3.26. The quantitative estimate of drug-likeness (QED) is 0.505. The number of rotatable bonds is 3. The minimum absolute atomic E-state index is 0.307. The van der Waals surface area contributed by atoms with Crippen LogP contribution in [0.4, 0.5) is 5.69 Å². The van der Waals surface area contributed by atoms with E-state index in [0.717, 1.165) is 0 Å². The van der Waals surface area contributed by atoms with E-state index in [9.17, 15) is 5.21 Å². The molecule has 86 valence electrons. The van der Waals surface area contributed by atoms with Crippen molar-refractivity contribution >= 4 is 17.3 Å². The Bertz CT molecular complexity index is 573. The number of halogens is 1. The number of hydrogen-bond donors (Lipinski definition) is 1. The number of terminal acetylenes is 1. The number of pyridine rings is 1. The van der Waals surface area contributed by atoms with Crippen LogP contribution in [0.2, 0.25) is 5.15 Å². The molecule has 6 heteroatoms. The summed E-state index contributed by atoms with van der Waals surface area (Å²) in [6.07, 6.45) is 9.60. The zero-order valence-corrected chi connectivity index (χ0v) is 9.55. The fourth-order valence-electron chi connectivity index (χ4n) is 1.33. The van der Waals surface area contributed by atoms with Crippen molar-refractivity contribution in [1.29, 1.82) is 0 Å². The molecule has 2 aromatic rings. The molecule has 0 bridgehead atoms. The molecule has 0 aliphatic heterocycles. The highest BCUT2D eigenvalue weighted by Crippen LogP contribution is 2.20. The Hall–Kier alpha value is -2.19. The number of nitrogens with one attached hydrogen (secondary N) is 1. The molecule has 0 aliphatic carbocycles. The maximum absolute atomic E-state index is 11.1. The molecule has 0 unspecified atom stereocenters. The van der Waals surface area contributed by atoms with E-state index >= 15 is 0 Å². The third-order valence-corrected chi connectivity index (χ3v) is 2.35. The van der Waals surface area contributed by atoms with E-state index in [0.29, 0.717) is 27.8 Å². The fraction of sp³-hybridized carbons (Fsp3) is 0.0909. The van der Waals surface area contributed by atoms with E-state index in [1.165, 1.54) is 17.1 Å². The topological polar surface area (TPSA) is 56.8 Å². The summed E-state index contributed by atoms with van der Waals surface area (Å²) >= 11 is 5.92. The molecule has 2 heterocycles. The lowest BCUT2D eigenvalue weighted by molar-refractivity contribution is -0.605. The van der Waals surface area contributed by atoms with Crippen LogP contribution in [0, 0.1) is 17.6 Å². The van der Waals surface area contributed by atoms with E-state index in [4.69, 9.17) is 18.0 Å². The van der Waals surface area contributed by atoms with Gasteiger partial charge in [-0.2, -0.15) is 9.83 Å². The van der Waals surface area contributed by atoms with Gasteiger partial charge in [-0.1, -0.05) is 17.5 Å². The van der Waals surface area contributed by atoms with Gasteiger partial charge in [-0.3, -0.25) is 0 Å². The molecule has 0 saturated carbocycles. The molecule has 1 N–H and O–H groups in total. The summed E-state index contributed by atoms with van der Waals surface area (Å²) < 4.78 is 2.20. The molecule has 2 rings (SSSR count). The summed E-state index contributed by atoms with van der Waals surface area (Å²) in [6.45, 7) is 0.363. The highest BCUT2D eigenvalue weighted by molar-refractivity contribution is 6.32. The second-order valence-corrected chi connectivity index (χ2v) is 3.62. The normalized spacial score (nSPS) is 9.88. The van der Waals surface area contributed by atoms with Crippen molar-refractivity contribution in [3.05, 3.63) is 41.1 Å². The lowest BCUT2D eigenvalue weighted by atomic mass is 10.4. The summed E-state index contributed by atoms with van der Waals surface area (Å²) in [7, 11) is 0. The highest BCUT2D eigenvalue weighted by atomic mass is 35.5. The molecule has 0 amide bonds. The van der Waals surface area contributed by atoms with Gasteiger partial charge in [-0.15, -0.1) is 6.42 Å². The molecular formula is C11H9ClN4O. The molecule has 5 nitrogen and oxygen atoms in total. The summed E-state index contributed by atoms with van der Waals surface area (Å²) in [5.74, 6) is 2.44. The molecule has 17 heavy (non-hydrogen) atoms. The molecule has 0 saturated heterocycles. The van der Waals surface area contributed by atoms with Crippen molar-refractivity contribution in [3.63, 3.8) is 0 Å². The summed E-state index contributed by atoms with van der Waals surface area (Å²) in [6, 6.07) is 3.38. The number of nitrogens with zero attached hydrogens (tertiary/aromatic N) is 3. The van der Waals surface area contributed by atoms with E-state index in [1.54, 1.807) is 18.3 Å². The Kier molecular flexibility index (Phi) is 3.17. The van der Waals surface area contributed by atoms with Crippen molar-refractivity contribution in [2.75, 3.05) is 11.9 Å². The lowest BCUT2D eigenvalue weighted by Crippen LogP contribution is -2.25. The Balaban J connectivity index is 2.31. The van der Waals surface area contributed by atoms with Crippen LogP contribution in [0.1, 0.15) is 0 Å². The first-order valence-electron chi connectivity index (χ1n) is 4.82. The Morgan fingerprint density at radius 1 is 1.65 bits per heavy atom. The van der Waals surface area contributed by atoms with E-state index in [-0.39, 0.29) is 0 Å². The van der Waals surface area contributed by atoms with Gasteiger partial charge in [0.1, 0.15) is 5.69 Å². The van der Waals surface area contributed by atoms with Crippen LogP contribution in [0.25, 0.3) is 5.69 Å². The minimum Gasteiger partial charge on any atom is -0.619 e. The van der Waals surface area contributed by atoms with E-state index < -0.39 is 0 Å². The van der Waals surface area contributed by atoms with Gasteiger partial charge in [-0.05, 0) is 6.07 Å². The van der Waals surface area contributed by atoms with Crippen LogP contribution >= 0.6 is 11.6 Å². The van der Waals surface area contributed by atoms with Crippen LogP contribution in [0.3, 0.4) is 0 Å². The largest absolute Gasteiger partial charge is 0.619 e. The molecule has 2 aromatic heterocycles. The maximum atomic E-state index is 11.1. The summed E-state index contributed by atoms with van der Waals surface area (Å²) in [5, 5.41) is 18.4. The average molecular weight is 249 g/mol. The third-order valence-electron chi connectivity index (χ3n) is 2.07. The molecule has 0 aromatic carbocycles. The number of hydrogen-bond acceptors (Lipinski definition) is 3. The highest BCUT2D eigenvalue weighted by Gasteiger charge is 2.08. The number of aromatic nitrogens is 3. The molecule has 0 atom stereocenters. The smallest absolute Gasteiger partial charge is 0.206 e. The molecule has 0 spiro atoms. The zero-order chi connectivity index (χ0) is 12.3. The fourth-order valence-corrected chi connectivity index (χ4v) is 1.53. The van der Waals surface area contributed by atoms with Gasteiger partial charge in [-0.25, -0.2) is 4.68 Å². The van der Waals surface area contributed by atoms with Crippen LogP contribution in [0.15, 0.2) is 30.7 Å². The van der Waals surface area contributed by atoms with Crippen molar-refractivity contribution in [2.24, 2.45) is 0 Å². The standard InChI is InChI=1S/C11H9ClN4O/c1-2-5-13-10-8-16(14-11(10)12)9-4-3-6-15(17)7-9/h1,3-4,6-8,13H,5H2. The molecular weight excluding hydrogens is 240 g/mol. The average Bonchev–Trinajstić information content (AvgIpc) is 2.68. The van der Waals surface area contributed by atoms with Crippen LogP contribution in [-0.2, 0) is 0 Å². The lowest BCUT2D eigenvalue weighted by Gasteiger charge is -2.00. The van der Waals surface area contributed by atoms with Crippen LogP contribution in [-0.4, -0.2) is 16.3 Å². The number of anilines is 1. The minimum atomic E-state index is 0.307. The van der Waals surface area contributed by atoms with Crippen molar-refractivity contribution in [2.45, 2.75) is 0 Å². The van der Waals surface area contributed by atoms with E-state index in [2.05, 4.69) is 16.3 Å². The van der Waals surface area contributed by atoms with Gasteiger partial charge >= 0.3 is 0 Å². The van der Waals surface area contributed by atoms with Gasteiger partial charge in [0.15, 0.2) is 11.3 Å². The van der Waals surface area contributed by atoms with Gasteiger partial charge in [0.05, 0.1) is 18.4 Å². The first-order valence-corrected chi connectivity index (χ1v) is 5.20. The summed E-state index contributed by atoms with van der Waals surface area (Å²) in [4.78, 5) is 0. The van der Waals surface area contributed by atoms with Gasteiger partial charge in [0.25, 0.3) is 0 Å². The van der Waals surface area contributed by atoms with Gasteiger partial charge in [0.2, 0.25) is 6.20 Å². The third kappa shape index (κ3) is 2.49. The Labute approximate surface area is 103 Å². The maximum Gasteiger partial charge on any atom is 0.206 e.